The second kappa shape index (κ2) is 6.91. The summed E-state index contributed by atoms with van der Waals surface area (Å²) < 4.78 is 18.2. The van der Waals surface area contributed by atoms with Gasteiger partial charge in [-0.05, 0) is 43.7 Å². The normalized spacial score (nSPS) is 11.6. The third kappa shape index (κ3) is 4.06. The number of para-hydroxylation sites is 1. The molecule has 3 N–H and O–H groups in total. The van der Waals surface area contributed by atoms with Crippen LogP contribution < -0.4 is 11.1 Å². The van der Waals surface area contributed by atoms with E-state index in [4.69, 9.17) is 10.5 Å². The summed E-state index contributed by atoms with van der Waals surface area (Å²) in [5.41, 5.74) is 7.38. The fourth-order valence-electron chi connectivity index (χ4n) is 1.95. The minimum atomic E-state index is -1.05. The summed E-state index contributed by atoms with van der Waals surface area (Å²) in [6, 6.07) is 10.4. The topological polar surface area (TPSA) is 81.4 Å². The van der Waals surface area contributed by atoms with Gasteiger partial charge in [0.25, 0.3) is 5.91 Å². The van der Waals surface area contributed by atoms with E-state index in [0.29, 0.717) is 5.69 Å². The van der Waals surface area contributed by atoms with Gasteiger partial charge in [-0.2, -0.15) is 0 Å². The number of benzene rings is 2. The molecule has 0 saturated carbocycles. The molecule has 0 unspecified atom stereocenters. The van der Waals surface area contributed by atoms with Crippen molar-refractivity contribution >= 4 is 23.3 Å². The third-order valence-electron chi connectivity index (χ3n) is 3.29. The summed E-state index contributed by atoms with van der Waals surface area (Å²) in [6.07, 6.45) is -1.05. The summed E-state index contributed by atoms with van der Waals surface area (Å²) in [5.74, 6) is -1.72. The molecule has 0 bridgehead atoms. The van der Waals surface area contributed by atoms with Crippen LogP contribution in [0.2, 0.25) is 0 Å². The second-order valence-corrected chi connectivity index (χ2v) is 5.08. The van der Waals surface area contributed by atoms with Gasteiger partial charge in [-0.1, -0.05) is 18.2 Å². The maximum Gasteiger partial charge on any atom is 0.341 e. The average molecular weight is 316 g/mol. The van der Waals surface area contributed by atoms with Gasteiger partial charge in [0.05, 0.1) is 5.56 Å². The number of nitrogen functional groups attached to an aromatic ring is 1. The lowest BCUT2D eigenvalue weighted by molar-refractivity contribution is -0.123. The van der Waals surface area contributed by atoms with Crippen LogP contribution in [-0.2, 0) is 9.53 Å². The van der Waals surface area contributed by atoms with Crippen LogP contribution >= 0.6 is 0 Å². The smallest absolute Gasteiger partial charge is 0.341 e. The van der Waals surface area contributed by atoms with Gasteiger partial charge in [-0.3, -0.25) is 4.79 Å². The standard InChI is InChI=1S/C17H17FN2O3/c1-10-5-3-8-14(15(10)19)17(22)23-11(2)16(21)20-13-7-4-6-12(18)9-13/h3-9,11H,19H2,1-2H3,(H,20,21)/t11-/m0/s1. The van der Waals surface area contributed by atoms with Crippen LogP contribution in [0.25, 0.3) is 0 Å². The molecule has 1 amide bonds. The van der Waals surface area contributed by atoms with Crippen molar-refractivity contribution < 1.29 is 18.7 Å². The number of aryl methyl sites for hydroxylation is 1. The van der Waals surface area contributed by atoms with E-state index in [1.165, 1.54) is 37.3 Å². The largest absolute Gasteiger partial charge is 0.449 e. The number of nitrogens with one attached hydrogen (secondary N) is 1. The number of nitrogens with two attached hydrogens (primary N) is 1. The molecule has 0 spiro atoms. The molecule has 1 atom stereocenters. The summed E-state index contributed by atoms with van der Waals surface area (Å²) in [7, 11) is 0. The number of halogens is 1. The molecule has 2 aromatic rings. The first-order valence-electron chi connectivity index (χ1n) is 7.01. The van der Waals surface area contributed by atoms with Crippen molar-refractivity contribution in [3.05, 3.63) is 59.4 Å². The Morgan fingerprint density at radius 2 is 1.91 bits per heavy atom. The Morgan fingerprint density at radius 3 is 2.61 bits per heavy atom. The first kappa shape index (κ1) is 16.5. The highest BCUT2D eigenvalue weighted by Crippen LogP contribution is 2.18. The lowest BCUT2D eigenvalue weighted by Crippen LogP contribution is -2.30. The number of amides is 1. The zero-order valence-electron chi connectivity index (χ0n) is 12.8. The molecule has 0 aliphatic rings. The highest BCUT2D eigenvalue weighted by molar-refractivity contribution is 5.99. The fourth-order valence-corrected chi connectivity index (χ4v) is 1.95. The summed E-state index contributed by atoms with van der Waals surface area (Å²) in [4.78, 5) is 24.1. The number of carbonyl (C=O) groups is 2. The lowest BCUT2D eigenvalue weighted by atomic mass is 10.1. The van der Waals surface area contributed by atoms with Crippen molar-refractivity contribution in [1.29, 1.82) is 0 Å². The van der Waals surface area contributed by atoms with Crippen molar-refractivity contribution in [2.75, 3.05) is 11.1 Å². The minimum absolute atomic E-state index is 0.204. The zero-order valence-corrected chi connectivity index (χ0v) is 12.8. The van der Waals surface area contributed by atoms with Gasteiger partial charge < -0.3 is 15.8 Å². The van der Waals surface area contributed by atoms with Crippen LogP contribution in [0.5, 0.6) is 0 Å². The molecule has 120 valence electrons. The molecule has 0 saturated heterocycles. The number of ether oxygens (including phenoxy) is 1. The molecule has 0 heterocycles. The monoisotopic (exact) mass is 316 g/mol. The molecule has 0 aromatic heterocycles. The van der Waals surface area contributed by atoms with Gasteiger partial charge in [0.1, 0.15) is 5.82 Å². The van der Waals surface area contributed by atoms with E-state index >= 15 is 0 Å². The molecule has 0 aliphatic heterocycles. The molecule has 5 nitrogen and oxygen atoms in total. The Balaban J connectivity index is 2.03. The molecule has 2 aromatic carbocycles. The van der Waals surface area contributed by atoms with E-state index in [1.807, 2.05) is 0 Å². The summed E-state index contributed by atoms with van der Waals surface area (Å²) in [5, 5.41) is 2.48. The molecule has 2 rings (SSSR count). The van der Waals surface area contributed by atoms with Crippen LogP contribution in [0.15, 0.2) is 42.5 Å². The average Bonchev–Trinajstić information content (AvgIpc) is 2.49. The maximum absolute atomic E-state index is 13.1. The Morgan fingerprint density at radius 1 is 1.22 bits per heavy atom. The molecule has 0 fully saturated rings. The molecular weight excluding hydrogens is 299 g/mol. The lowest BCUT2D eigenvalue weighted by Gasteiger charge is -2.15. The van der Waals surface area contributed by atoms with Crippen LogP contribution in [0.1, 0.15) is 22.8 Å². The first-order chi connectivity index (χ1) is 10.9. The van der Waals surface area contributed by atoms with Crippen molar-refractivity contribution in [1.82, 2.24) is 0 Å². The number of hydrogen-bond donors (Lipinski definition) is 2. The van der Waals surface area contributed by atoms with Crippen molar-refractivity contribution in [3.8, 4) is 0 Å². The van der Waals surface area contributed by atoms with Crippen molar-refractivity contribution in [2.45, 2.75) is 20.0 Å². The molecular formula is C17H17FN2O3. The van der Waals surface area contributed by atoms with E-state index in [0.717, 1.165) is 5.56 Å². The van der Waals surface area contributed by atoms with Gasteiger partial charge in [-0.15, -0.1) is 0 Å². The van der Waals surface area contributed by atoms with Crippen molar-refractivity contribution in [3.63, 3.8) is 0 Å². The highest BCUT2D eigenvalue weighted by atomic mass is 19.1. The molecule has 0 aliphatic carbocycles. The second-order valence-electron chi connectivity index (χ2n) is 5.08. The molecule has 6 heteroatoms. The minimum Gasteiger partial charge on any atom is -0.449 e. The van der Waals surface area contributed by atoms with E-state index < -0.39 is 23.8 Å². The van der Waals surface area contributed by atoms with Gasteiger partial charge in [0, 0.05) is 11.4 Å². The SMILES string of the molecule is Cc1cccc(C(=O)O[C@@H](C)C(=O)Nc2cccc(F)c2)c1N. The number of hydrogen-bond acceptors (Lipinski definition) is 4. The zero-order chi connectivity index (χ0) is 17.0. The van der Waals surface area contributed by atoms with E-state index in [2.05, 4.69) is 5.32 Å². The Labute approximate surface area is 133 Å². The highest BCUT2D eigenvalue weighted by Gasteiger charge is 2.21. The van der Waals surface area contributed by atoms with Crippen molar-refractivity contribution in [2.24, 2.45) is 0 Å². The van der Waals surface area contributed by atoms with Crippen LogP contribution in [0.4, 0.5) is 15.8 Å². The van der Waals surface area contributed by atoms with Crippen LogP contribution in [-0.4, -0.2) is 18.0 Å². The third-order valence-corrected chi connectivity index (χ3v) is 3.29. The predicted octanol–water partition coefficient (Wildman–Crippen LogP) is 2.90. The number of esters is 1. The maximum atomic E-state index is 13.1. The van der Waals surface area contributed by atoms with Gasteiger partial charge in [-0.25, -0.2) is 9.18 Å². The van der Waals surface area contributed by atoms with E-state index in [-0.39, 0.29) is 11.3 Å². The van der Waals surface area contributed by atoms with Crippen LogP contribution in [0.3, 0.4) is 0 Å². The fraction of sp³-hybridized carbons (Fsp3) is 0.176. The first-order valence-corrected chi connectivity index (χ1v) is 7.01. The Hall–Kier alpha value is -2.89. The number of anilines is 2. The van der Waals surface area contributed by atoms with Gasteiger partial charge >= 0.3 is 5.97 Å². The number of carbonyl (C=O) groups excluding carboxylic acids is 2. The molecule has 0 radical (unpaired) electrons. The van der Waals surface area contributed by atoms with E-state index in [9.17, 15) is 14.0 Å². The van der Waals surface area contributed by atoms with Gasteiger partial charge in [0.2, 0.25) is 0 Å². The summed E-state index contributed by atoms with van der Waals surface area (Å²) >= 11 is 0. The molecule has 23 heavy (non-hydrogen) atoms. The Bertz CT molecular complexity index is 746. The van der Waals surface area contributed by atoms with E-state index in [1.54, 1.807) is 19.1 Å². The van der Waals surface area contributed by atoms with Crippen LogP contribution in [0, 0.1) is 12.7 Å². The van der Waals surface area contributed by atoms with Gasteiger partial charge in [0.15, 0.2) is 6.10 Å². The predicted molar refractivity (Wildman–Crippen MR) is 85.5 cm³/mol. The Kier molecular flexibility index (Phi) is 4.95. The summed E-state index contributed by atoms with van der Waals surface area (Å²) in [6.45, 7) is 3.20. The number of rotatable bonds is 4. The quantitative estimate of drug-likeness (QED) is 0.671.